The van der Waals surface area contributed by atoms with Crippen LogP contribution in [0.3, 0.4) is 0 Å². The number of amides is 1. The molecule has 0 spiro atoms. The molecule has 1 aromatic carbocycles. The predicted octanol–water partition coefficient (Wildman–Crippen LogP) is 2.52. The van der Waals surface area contributed by atoms with Crippen molar-refractivity contribution in [3.05, 3.63) is 54.0 Å². The molecule has 27 heavy (non-hydrogen) atoms. The summed E-state index contributed by atoms with van der Waals surface area (Å²) in [6.07, 6.45) is 7.18. The maximum Gasteiger partial charge on any atom is 0.246 e. The van der Waals surface area contributed by atoms with Gasteiger partial charge < -0.3 is 4.90 Å². The number of rotatable bonds is 3. The highest BCUT2D eigenvalue weighted by Crippen LogP contribution is 2.32. The molecule has 0 bridgehead atoms. The van der Waals surface area contributed by atoms with Gasteiger partial charge in [0.1, 0.15) is 11.9 Å². The molecule has 0 radical (unpaired) electrons. The molecule has 1 aromatic heterocycles. The highest BCUT2D eigenvalue weighted by Gasteiger charge is 2.34. The van der Waals surface area contributed by atoms with Crippen molar-refractivity contribution in [3.8, 4) is 6.07 Å². The molecule has 0 N–H and O–H groups in total. The third kappa shape index (κ3) is 3.51. The molecule has 1 fully saturated rings. The summed E-state index contributed by atoms with van der Waals surface area (Å²) in [7, 11) is 0. The Morgan fingerprint density at radius 3 is 2.67 bits per heavy atom. The minimum absolute atomic E-state index is 0.00472. The van der Waals surface area contributed by atoms with Crippen molar-refractivity contribution >= 4 is 17.9 Å². The monoisotopic (exact) mass is 360 g/mol. The summed E-state index contributed by atoms with van der Waals surface area (Å²) in [5.41, 5.74) is 1.42. The fourth-order valence-corrected chi connectivity index (χ4v) is 3.68. The van der Waals surface area contributed by atoms with Crippen LogP contribution in [-0.2, 0) is 4.79 Å². The zero-order valence-corrected chi connectivity index (χ0v) is 14.9. The Morgan fingerprint density at radius 1 is 1.15 bits per heavy atom. The number of hydrogen-bond donors (Lipinski definition) is 0. The average Bonchev–Trinajstić information content (AvgIpc) is 3.24. The second-order valence-corrected chi connectivity index (χ2v) is 6.78. The van der Waals surface area contributed by atoms with Crippen LogP contribution in [0.5, 0.6) is 0 Å². The SMILES string of the molecule is N#Cc1cncc(N2CCC(C(=O)N3N=CC[C@H]3c3ccccc3)CC2)n1. The number of benzene rings is 1. The molecule has 1 saturated heterocycles. The lowest BCUT2D eigenvalue weighted by Gasteiger charge is -2.34. The van der Waals surface area contributed by atoms with E-state index in [4.69, 9.17) is 5.26 Å². The van der Waals surface area contributed by atoms with Crippen LogP contribution >= 0.6 is 0 Å². The average molecular weight is 360 g/mol. The molecule has 3 heterocycles. The lowest BCUT2D eigenvalue weighted by atomic mass is 9.94. The lowest BCUT2D eigenvalue weighted by Crippen LogP contribution is -2.41. The van der Waals surface area contributed by atoms with Crippen LogP contribution in [-0.4, -0.2) is 40.2 Å². The summed E-state index contributed by atoms with van der Waals surface area (Å²) in [6, 6.07) is 12.1. The predicted molar refractivity (Wildman–Crippen MR) is 101 cm³/mol. The highest BCUT2D eigenvalue weighted by molar-refractivity contribution is 5.82. The molecule has 2 aliphatic rings. The maximum absolute atomic E-state index is 13.1. The smallest absolute Gasteiger partial charge is 0.246 e. The van der Waals surface area contributed by atoms with E-state index in [1.165, 1.54) is 6.20 Å². The topological polar surface area (TPSA) is 85.5 Å². The number of anilines is 1. The van der Waals surface area contributed by atoms with Gasteiger partial charge >= 0.3 is 0 Å². The third-order valence-electron chi connectivity index (χ3n) is 5.14. The Hall–Kier alpha value is -3.27. The standard InChI is InChI=1S/C20H20N6O/c21-12-17-13-22-14-19(24-17)25-10-7-16(8-11-25)20(27)26-18(6-9-23-26)15-4-2-1-3-5-15/h1-5,9,13-14,16,18H,6-8,10-11H2/t18-/m0/s1. The first-order valence-corrected chi connectivity index (χ1v) is 9.14. The van der Waals surface area contributed by atoms with E-state index in [1.54, 1.807) is 11.2 Å². The van der Waals surface area contributed by atoms with E-state index in [-0.39, 0.29) is 17.9 Å². The molecule has 4 rings (SSSR count). The first-order chi connectivity index (χ1) is 13.3. The Balaban J connectivity index is 1.41. The van der Waals surface area contributed by atoms with Gasteiger partial charge in [0.2, 0.25) is 5.91 Å². The molecular weight excluding hydrogens is 340 g/mol. The van der Waals surface area contributed by atoms with Crippen LogP contribution < -0.4 is 4.90 Å². The van der Waals surface area contributed by atoms with Crippen molar-refractivity contribution in [2.75, 3.05) is 18.0 Å². The minimum atomic E-state index is -0.0465. The van der Waals surface area contributed by atoms with Crippen molar-refractivity contribution in [1.82, 2.24) is 15.0 Å². The number of hydrazone groups is 1. The summed E-state index contributed by atoms with van der Waals surface area (Å²) in [4.78, 5) is 23.5. The zero-order chi connectivity index (χ0) is 18.6. The van der Waals surface area contributed by atoms with Gasteiger partial charge in [0.15, 0.2) is 5.69 Å². The van der Waals surface area contributed by atoms with Crippen molar-refractivity contribution in [3.63, 3.8) is 0 Å². The van der Waals surface area contributed by atoms with Gasteiger partial charge in [-0.15, -0.1) is 0 Å². The molecule has 2 aliphatic heterocycles. The van der Waals surface area contributed by atoms with E-state index in [0.29, 0.717) is 24.6 Å². The van der Waals surface area contributed by atoms with Gasteiger partial charge in [0, 0.05) is 31.6 Å². The van der Waals surface area contributed by atoms with Gasteiger partial charge in [-0.2, -0.15) is 10.4 Å². The molecule has 2 aromatic rings. The highest BCUT2D eigenvalue weighted by atomic mass is 16.2. The van der Waals surface area contributed by atoms with E-state index < -0.39 is 0 Å². The van der Waals surface area contributed by atoms with E-state index in [9.17, 15) is 4.79 Å². The van der Waals surface area contributed by atoms with Crippen LogP contribution in [0.25, 0.3) is 0 Å². The van der Waals surface area contributed by atoms with Crippen LogP contribution in [0.2, 0.25) is 0 Å². The van der Waals surface area contributed by atoms with Gasteiger partial charge in [0.05, 0.1) is 18.4 Å². The van der Waals surface area contributed by atoms with Gasteiger partial charge in [-0.1, -0.05) is 30.3 Å². The Morgan fingerprint density at radius 2 is 1.93 bits per heavy atom. The first kappa shape index (κ1) is 17.2. The normalized spacial score (nSPS) is 19.9. The molecule has 1 atom stereocenters. The number of carbonyl (C=O) groups excluding carboxylic acids is 1. The van der Waals surface area contributed by atoms with Crippen molar-refractivity contribution in [1.29, 1.82) is 5.26 Å². The second kappa shape index (κ2) is 7.54. The number of carbonyl (C=O) groups is 1. The van der Waals surface area contributed by atoms with Crippen LogP contribution in [0.15, 0.2) is 47.8 Å². The van der Waals surface area contributed by atoms with Crippen molar-refractivity contribution in [2.45, 2.75) is 25.3 Å². The fourth-order valence-electron chi connectivity index (χ4n) is 3.68. The molecule has 7 nitrogen and oxygen atoms in total. The molecule has 0 saturated carbocycles. The summed E-state index contributed by atoms with van der Waals surface area (Å²) in [5, 5.41) is 15.0. The minimum Gasteiger partial charge on any atom is -0.355 e. The number of hydrogen-bond acceptors (Lipinski definition) is 6. The van der Waals surface area contributed by atoms with E-state index in [0.717, 1.165) is 24.8 Å². The quantitative estimate of drug-likeness (QED) is 0.839. The molecule has 1 amide bonds. The number of nitriles is 1. The summed E-state index contributed by atoms with van der Waals surface area (Å²) in [6.45, 7) is 1.43. The van der Waals surface area contributed by atoms with Crippen LogP contribution in [0.4, 0.5) is 5.82 Å². The van der Waals surface area contributed by atoms with Crippen LogP contribution in [0.1, 0.15) is 36.6 Å². The summed E-state index contributed by atoms with van der Waals surface area (Å²) < 4.78 is 0. The first-order valence-electron chi connectivity index (χ1n) is 9.14. The van der Waals surface area contributed by atoms with E-state index >= 15 is 0 Å². The number of aromatic nitrogens is 2. The molecule has 0 aliphatic carbocycles. The molecule has 0 unspecified atom stereocenters. The van der Waals surface area contributed by atoms with E-state index in [2.05, 4.69) is 20.0 Å². The van der Waals surface area contributed by atoms with Crippen molar-refractivity contribution < 1.29 is 4.79 Å². The van der Waals surface area contributed by atoms with E-state index in [1.807, 2.05) is 42.6 Å². The summed E-state index contributed by atoms with van der Waals surface area (Å²) in [5.74, 6) is 0.741. The fraction of sp³-hybridized carbons (Fsp3) is 0.350. The lowest BCUT2D eigenvalue weighted by molar-refractivity contribution is -0.138. The Bertz CT molecular complexity index is 883. The second-order valence-electron chi connectivity index (χ2n) is 6.78. The van der Waals surface area contributed by atoms with Crippen LogP contribution in [0, 0.1) is 17.2 Å². The maximum atomic E-state index is 13.1. The van der Waals surface area contributed by atoms with Crippen molar-refractivity contribution in [2.24, 2.45) is 11.0 Å². The largest absolute Gasteiger partial charge is 0.355 e. The van der Waals surface area contributed by atoms with Gasteiger partial charge in [-0.05, 0) is 18.4 Å². The van der Waals surface area contributed by atoms with Gasteiger partial charge in [0.25, 0.3) is 0 Å². The number of nitrogens with zero attached hydrogens (tertiary/aromatic N) is 6. The summed E-state index contributed by atoms with van der Waals surface area (Å²) >= 11 is 0. The third-order valence-corrected chi connectivity index (χ3v) is 5.14. The molecular formula is C20H20N6O. The molecule has 136 valence electrons. The van der Waals surface area contributed by atoms with Gasteiger partial charge in [-0.25, -0.2) is 9.99 Å². The Kier molecular flexibility index (Phi) is 4.79. The zero-order valence-electron chi connectivity index (χ0n) is 14.9. The number of piperidine rings is 1. The Labute approximate surface area is 158 Å². The molecule has 7 heteroatoms. The van der Waals surface area contributed by atoms with Gasteiger partial charge in [-0.3, -0.25) is 9.78 Å².